The van der Waals surface area contributed by atoms with Crippen molar-refractivity contribution in [2.45, 2.75) is 503 Å². The first kappa shape index (κ1) is 85.0. The van der Waals surface area contributed by atoms with E-state index in [9.17, 15) is 9.59 Å². The first-order valence-corrected chi connectivity index (χ1v) is 41.8. The predicted octanol–water partition coefficient (Wildman–Crippen LogP) is 30.0. The van der Waals surface area contributed by atoms with Gasteiger partial charge in [-0.05, 0) is 75.0 Å². The summed E-state index contributed by atoms with van der Waals surface area (Å²) in [5.74, 6) is 0.0769. The highest BCUT2D eigenvalue weighted by atomic mass is 16.5. The van der Waals surface area contributed by atoms with Crippen LogP contribution in [0.15, 0.2) is 0 Å². The highest BCUT2D eigenvalue weighted by Gasteiger charge is 2.50. The third kappa shape index (κ3) is 54.3. The molecule has 0 aliphatic heterocycles. The van der Waals surface area contributed by atoms with E-state index in [1.807, 2.05) is 0 Å². The lowest BCUT2D eigenvalue weighted by Crippen LogP contribution is -2.45. The fourth-order valence-electron chi connectivity index (χ4n) is 15.9. The molecule has 0 aromatic rings. The summed E-state index contributed by atoms with van der Waals surface area (Å²) in [4.78, 5) is 25.1. The molecule has 1 aliphatic carbocycles. The smallest absolute Gasteiger partial charge is 0.305 e. The van der Waals surface area contributed by atoms with Crippen molar-refractivity contribution in [1.82, 2.24) is 0 Å². The van der Waals surface area contributed by atoms with Crippen LogP contribution in [0.3, 0.4) is 0 Å². The second-order valence-corrected chi connectivity index (χ2v) is 29.9. The molecular weight excluding hydrogens is 1070 g/mol. The van der Waals surface area contributed by atoms with E-state index in [1.54, 1.807) is 0 Å². The Balaban J connectivity index is 2.65. The predicted molar refractivity (Wildman–Crippen MR) is 391 cm³/mol. The third-order valence-corrected chi connectivity index (χ3v) is 21.8. The lowest BCUT2D eigenvalue weighted by Gasteiger charge is -2.56. The fourth-order valence-corrected chi connectivity index (χ4v) is 15.9. The van der Waals surface area contributed by atoms with Crippen molar-refractivity contribution in [1.29, 1.82) is 0 Å². The van der Waals surface area contributed by atoms with Crippen LogP contribution < -0.4 is 0 Å². The molecular formula is C84H164O4. The minimum atomic E-state index is 0.0385. The Labute approximate surface area is 555 Å². The van der Waals surface area contributed by atoms with Crippen molar-refractivity contribution in [3.05, 3.63) is 0 Å². The minimum Gasteiger partial charge on any atom is -0.466 e. The summed E-state index contributed by atoms with van der Waals surface area (Å²) in [6.07, 6.45) is 101. The normalized spacial score (nSPS) is 15.0. The lowest BCUT2D eigenvalue weighted by atomic mass is 9.49. The van der Waals surface area contributed by atoms with Crippen molar-refractivity contribution < 1.29 is 19.1 Å². The molecule has 1 unspecified atom stereocenters. The molecule has 0 heterocycles. The van der Waals surface area contributed by atoms with E-state index in [0.29, 0.717) is 36.9 Å². The fraction of sp³-hybridized carbons (Fsp3) is 0.976. The zero-order chi connectivity index (χ0) is 63.3. The van der Waals surface area contributed by atoms with Gasteiger partial charge >= 0.3 is 11.9 Å². The van der Waals surface area contributed by atoms with Crippen LogP contribution in [0.4, 0.5) is 0 Å². The Bertz CT molecular complexity index is 1310. The molecule has 0 aromatic carbocycles. The molecule has 1 rings (SSSR count). The molecule has 0 amide bonds. The number of hydrogen-bond acceptors (Lipinski definition) is 4. The van der Waals surface area contributed by atoms with Gasteiger partial charge in [0.2, 0.25) is 0 Å². The van der Waals surface area contributed by atoms with Gasteiger partial charge < -0.3 is 9.47 Å². The summed E-state index contributed by atoms with van der Waals surface area (Å²) in [5.41, 5.74) is 1.08. The van der Waals surface area contributed by atoms with Gasteiger partial charge in [-0.2, -0.15) is 0 Å². The minimum absolute atomic E-state index is 0.0385. The number of ether oxygens (including phenoxy) is 2. The molecule has 88 heavy (non-hydrogen) atoms. The topological polar surface area (TPSA) is 52.6 Å². The van der Waals surface area contributed by atoms with Crippen LogP contribution in [0, 0.1) is 10.8 Å². The standard InChI is InChI=1S/C84H164O4/c1-5-9-13-17-21-25-29-32-34-37-41-51-59-69-79-87-81(85)71-61-53-45-43-49-57-65-75-84(76-66-58-50-44-46-54-62-72-82(86)88-80-70-60-52-42-38-35-33-30-26-22-18-14-10-6-2)78-68-67-77-83(84,73-63-55-47-39-28-24-20-16-12-8-4)74-64-56-48-40-36-31-27-23-19-15-11-7-3/h5-80H2,1-4H3. The Kier molecular flexibility index (Phi) is 66.4. The van der Waals surface area contributed by atoms with E-state index < -0.39 is 0 Å². The van der Waals surface area contributed by atoms with E-state index in [1.165, 1.54) is 437 Å². The van der Waals surface area contributed by atoms with Crippen molar-refractivity contribution in [3.63, 3.8) is 0 Å². The van der Waals surface area contributed by atoms with Gasteiger partial charge in [-0.1, -0.05) is 426 Å². The summed E-state index contributed by atoms with van der Waals surface area (Å²) in [7, 11) is 0. The van der Waals surface area contributed by atoms with Gasteiger partial charge in [0, 0.05) is 12.8 Å². The van der Waals surface area contributed by atoms with Crippen molar-refractivity contribution >= 4 is 11.9 Å². The summed E-state index contributed by atoms with van der Waals surface area (Å²) in [6.45, 7) is 10.5. The van der Waals surface area contributed by atoms with Gasteiger partial charge in [0.15, 0.2) is 0 Å². The molecule has 0 saturated heterocycles. The maximum Gasteiger partial charge on any atom is 0.305 e. The molecule has 0 N–H and O–H groups in total. The molecule has 4 nitrogen and oxygen atoms in total. The second kappa shape index (κ2) is 68.8. The molecule has 0 radical (unpaired) electrons. The van der Waals surface area contributed by atoms with Crippen molar-refractivity contribution in [3.8, 4) is 0 Å². The number of carbonyl (C=O) groups excluding carboxylic acids is 2. The summed E-state index contributed by atoms with van der Waals surface area (Å²) in [5, 5.41) is 0. The third-order valence-electron chi connectivity index (χ3n) is 21.8. The number of hydrogen-bond donors (Lipinski definition) is 0. The molecule has 1 saturated carbocycles. The molecule has 524 valence electrons. The van der Waals surface area contributed by atoms with Crippen molar-refractivity contribution in [2.75, 3.05) is 13.2 Å². The van der Waals surface area contributed by atoms with E-state index in [-0.39, 0.29) is 11.9 Å². The summed E-state index contributed by atoms with van der Waals surface area (Å²) in [6, 6.07) is 0. The van der Waals surface area contributed by atoms with E-state index in [2.05, 4.69) is 27.7 Å². The van der Waals surface area contributed by atoms with Gasteiger partial charge in [0.1, 0.15) is 0 Å². The molecule has 4 heteroatoms. The van der Waals surface area contributed by atoms with E-state index >= 15 is 0 Å². The number of unbranched alkanes of at least 4 members (excludes halogenated alkanes) is 58. The van der Waals surface area contributed by atoms with E-state index in [0.717, 1.165) is 25.7 Å². The van der Waals surface area contributed by atoms with Gasteiger partial charge in [-0.3, -0.25) is 9.59 Å². The Morgan fingerprint density at radius 3 is 0.568 bits per heavy atom. The average Bonchev–Trinajstić information content (AvgIpc) is 1.09. The molecule has 0 aromatic heterocycles. The van der Waals surface area contributed by atoms with Crippen molar-refractivity contribution in [2.24, 2.45) is 10.8 Å². The largest absolute Gasteiger partial charge is 0.466 e. The number of esters is 2. The average molecular weight is 1240 g/mol. The highest BCUT2D eigenvalue weighted by molar-refractivity contribution is 5.69. The Hall–Kier alpha value is -1.06. The first-order chi connectivity index (χ1) is 43.5. The van der Waals surface area contributed by atoms with Crippen LogP contribution in [0.25, 0.3) is 0 Å². The summed E-state index contributed by atoms with van der Waals surface area (Å²) >= 11 is 0. The molecule has 0 spiro atoms. The molecule has 1 atom stereocenters. The van der Waals surface area contributed by atoms with Gasteiger partial charge in [-0.25, -0.2) is 0 Å². The van der Waals surface area contributed by atoms with Crippen LogP contribution in [0.1, 0.15) is 503 Å². The maximum atomic E-state index is 12.6. The van der Waals surface area contributed by atoms with Crippen LogP contribution in [-0.2, 0) is 19.1 Å². The Morgan fingerprint density at radius 1 is 0.216 bits per heavy atom. The lowest BCUT2D eigenvalue weighted by molar-refractivity contribution is -0.144. The monoisotopic (exact) mass is 1240 g/mol. The van der Waals surface area contributed by atoms with Crippen LogP contribution in [0.5, 0.6) is 0 Å². The number of carbonyl (C=O) groups is 2. The van der Waals surface area contributed by atoms with Crippen LogP contribution in [0.2, 0.25) is 0 Å². The van der Waals surface area contributed by atoms with Gasteiger partial charge in [0.25, 0.3) is 0 Å². The first-order valence-electron chi connectivity index (χ1n) is 41.8. The SMILES string of the molecule is CCCCCCCCCCCCCCCCOC(=O)CCCCCCCCCC1(CCCCCCCCCC(=O)OCCCCCCCCCCCCCCCC)CCCCC1(CCCCCCCCCCCC)CCCCCCCCCCCCCC. The zero-order valence-electron chi connectivity index (χ0n) is 61.4. The van der Waals surface area contributed by atoms with Gasteiger partial charge in [0.05, 0.1) is 13.2 Å². The number of rotatable bonds is 74. The van der Waals surface area contributed by atoms with Crippen LogP contribution in [-0.4, -0.2) is 25.2 Å². The zero-order valence-corrected chi connectivity index (χ0v) is 61.4. The maximum absolute atomic E-state index is 12.6. The van der Waals surface area contributed by atoms with E-state index in [4.69, 9.17) is 9.47 Å². The Morgan fingerprint density at radius 2 is 0.375 bits per heavy atom. The molecule has 0 bridgehead atoms. The second-order valence-electron chi connectivity index (χ2n) is 29.9. The molecule has 1 aliphatic rings. The molecule has 1 fully saturated rings. The highest BCUT2D eigenvalue weighted by Crippen LogP contribution is 2.61. The summed E-state index contributed by atoms with van der Waals surface area (Å²) < 4.78 is 11.3. The van der Waals surface area contributed by atoms with Gasteiger partial charge in [-0.15, -0.1) is 0 Å². The van der Waals surface area contributed by atoms with Crippen LogP contribution >= 0.6 is 0 Å². The quantitative estimate of drug-likeness (QED) is 0.0450.